The zero-order valence-electron chi connectivity index (χ0n) is 11.9. The van der Waals surface area contributed by atoms with Gasteiger partial charge in [0.15, 0.2) is 0 Å². The predicted octanol–water partition coefficient (Wildman–Crippen LogP) is 1.72. The number of nitrogens with zero attached hydrogens (tertiary/aromatic N) is 1. The summed E-state index contributed by atoms with van der Waals surface area (Å²) in [6.07, 6.45) is 0. The first-order valence-corrected chi connectivity index (χ1v) is 6.82. The summed E-state index contributed by atoms with van der Waals surface area (Å²) in [5.74, 6) is -0.410. The van der Waals surface area contributed by atoms with Crippen molar-refractivity contribution in [3.8, 4) is 6.07 Å². The van der Waals surface area contributed by atoms with Crippen LogP contribution in [0.1, 0.15) is 26.3 Å². The van der Waals surface area contributed by atoms with Crippen LogP contribution in [0.2, 0.25) is 0 Å². The largest absolute Gasteiger partial charge is 0.350 e. The summed E-state index contributed by atoms with van der Waals surface area (Å²) in [5, 5.41) is 14.1. The minimum absolute atomic E-state index is 0.173. The monoisotopic (exact) mass is 293 g/mol. The van der Waals surface area contributed by atoms with Gasteiger partial charge >= 0.3 is 0 Å². The van der Waals surface area contributed by atoms with Gasteiger partial charge in [0, 0.05) is 24.2 Å². The van der Waals surface area contributed by atoms with E-state index in [0.717, 1.165) is 0 Å². The van der Waals surface area contributed by atoms with Gasteiger partial charge < -0.3 is 10.6 Å². The van der Waals surface area contributed by atoms with Crippen molar-refractivity contribution in [3.05, 3.63) is 71.3 Å². The van der Waals surface area contributed by atoms with E-state index >= 15 is 0 Å². The molecule has 0 aromatic heterocycles. The Morgan fingerprint density at radius 1 is 0.818 bits per heavy atom. The van der Waals surface area contributed by atoms with Crippen molar-refractivity contribution in [2.24, 2.45) is 0 Å². The van der Waals surface area contributed by atoms with Crippen molar-refractivity contribution >= 4 is 11.8 Å². The summed E-state index contributed by atoms with van der Waals surface area (Å²) >= 11 is 0. The first kappa shape index (κ1) is 15.3. The van der Waals surface area contributed by atoms with E-state index in [0.29, 0.717) is 29.8 Å². The van der Waals surface area contributed by atoms with Gasteiger partial charge in [-0.25, -0.2) is 0 Å². The third kappa shape index (κ3) is 4.18. The average molecular weight is 293 g/mol. The fourth-order valence-electron chi connectivity index (χ4n) is 1.84. The Balaban J connectivity index is 1.75. The van der Waals surface area contributed by atoms with Crippen molar-refractivity contribution in [2.45, 2.75) is 0 Å². The molecule has 110 valence electrons. The molecule has 0 spiro atoms. The van der Waals surface area contributed by atoms with Crippen LogP contribution in [0.4, 0.5) is 0 Å². The van der Waals surface area contributed by atoms with E-state index < -0.39 is 0 Å². The molecule has 0 aliphatic rings. The third-order valence-corrected chi connectivity index (χ3v) is 3.01. The fraction of sp³-hybridized carbons (Fsp3) is 0.118. The molecule has 0 aliphatic carbocycles. The molecule has 0 fully saturated rings. The molecule has 22 heavy (non-hydrogen) atoms. The van der Waals surface area contributed by atoms with Crippen molar-refractivity contribution < 1.29 is 9.59 Å². The number of amides is 2. The van der Waals surface area contributed by atoms with Gasteiger partial charge in [-0.15, -0.1) is 0 Å². The highest BCUT2D eigenvalue weighted by atomic mass is 16.2. The van der Waals surface area contributed by atoms with Gasteiger partial charge in [-0.05, 0) is 36.4 Å². The van der Waals surface area contributed by atoms with Crippen molar-refractivity contribution in [1.82, 2.24) is 10.6 Å². The SMILES string of the molecule is N#Cc1ccc(C(=O)NCCNC(=O)c2ccccc2)cc1. The highest BCUT2D eigenvalue weighted by molar-refractivity contribution is 5.95. The summed E-state index contributed by atoms with van der Waals surface area (Å²) in [4.78, 5) is 23.6. The van der Waals surface area contributed by atoms with E-state index in [9.17, 15) is 9.59 Å². The fourth-order valence-corrected chi connectivity index (χ4v) is 1.84. The summed E-state index contributed by atoms with van der Waals surface area (Å²) in [7, 11) is 0. The molecular weight excluding hydrogens is 278 g/mol. The second-order valence-corrected chi connectivity index (χ2v) is 4.57. The Kier molecular flexibility index (Phi) is 5.27. The van der Waals surface area contributed by atoms with E-state index in [2.05, 4.69) is 10.6 Å². The maximum Gasteiger partial charge on any atom is 0.251 e. The number of carbonyl (C=O) groups excluding carboxylic acids is 2. The molecule has 5 nitrogen and oxygen atoms in total. The normalized spacial score (nSPS) is 9.59. The lowest BCUT2D eigenvalue weighted by molar-refractivity contribution is 0.0927. The molecule has 0 saturated carbocycles. The minimum atomic E-state index is -0.238. The lowest BCUT2D eigenvalue weighted by atomic mass is 10.1. The molecule has 2 N–H and O–H groups in total. The quantitative estimate of drug-likeness (QED) is 0.823. The summed E-state index contributed by atoms with van der Waals surface area (Å²) in [6.45, 7) is 0.674. The summed E-state index contributed by atoms with van der Waals surface area (Å²) < 4.78 is 0. The molecule has 0 unspecified atom stereocenters. The van der Waals surface area contributed by atoms with Gasteiger partial charge in [0.05, 0.1) is 11.6 Å². The van der Waals surface area contributed by atoms with Gasteiger partial charge in [0.2, 0.25) is 0 Å². The molecule has 0 atom stereocenters. The number of benzene rings is 2. The standard InChI is InChI=1S/C17H15N3O2/c18-12-13-6-8-15(9-7-13)17(22)20-11-10-19-16(21)14-4-2-1-3-5-14/h1-9H,10-11H2,(H,19,21)(H,20,22). The number of rotatable bonds is 5. The highest BCUT2D eigenvalue weighted by Gasteiger charge is 2.06. The molecule has 0 heterocycles. The summed E-state index contributed by atoms with van der Waals surface area (Å²) in [6, 6.07) is 17.2. The van der Waals surface area contributed by atoms with Crippen LogP contribution in [0.25, 0.3) is 0 Å². The predicted molar refractivity (Wildman–Crippen MR) is 82.3 cm³/mol. The van der Waals surface area contributed by atoms with Gasteiger partial charge in [0.1, 0.15) is 0 Å². The molecular formula is C17H15N3O2. The van der Waals surface area contributed by atoms with Crippen LogP contribution >= 0.6 is 0 Å². The maximum atomic E-state index is 11.9. The van der Waals surface area contributed by atoms with Crippen LogP contribution in [0.5, 0.6) is 0 Å². The minimum Gasteiger partial charge on any atom is -0.350 e. The molecule has 0 bridgehead atoms. The van der Waals surface area contributed by atoms with Gasteiger partial charge in [0.25, 0.3) is 11.8 Å². The van der Waals surface area contributed by atoms with Crippen LogP contribution in [0.3, 0.4) is 0 Å². The number of carbonyl (C=O) groups is 2. The number of nitrogens with one attached hydrogen (secondary N) is 2. The van der Waals surface area contributed by atoms with Crippen molar-refractivity contribution in [2.75, 3.05) is 13.1 Å². The van der Waals surface area contributed by atoms with Crippen LogP contribution in [-0.4, -0.2) is 24.9 Å². The first-order chi connectivity index (χ1) is 10.7. The second-order valence-electron chi connectivity index (χ2n) is 4.57. The summed E-state index contributed by atoms with van der Waals surface area (Å²) in [5.41, 5.74) is 1.57. The Morgan fingerprint density at radius 2 is 1.32 bits per heavy atom. The molecule has 2 aromatic rings. The molecule has 2 rings (SSSR count). The molecule has 0 radical (unpaired) electrons. The molecule has 2 aromatic carbocycles. The van der Waals surface area contributed by atoms with E-state index in [-0.39, 0.29) is 11.8 Å². The number of hydrogen-bond donors (Lipinski definition) is 2. The van der Waals surface area contributed by atoms with Crippen LogP contribution in [-0.2, 0) is 0 Å². The average Bonchev–Trinajstić information content (AvgIpc) is 2.59. The van der Waals surface area contributed by atoms with E-state index in [1.807, 2.05) is 12.1 Å². The highest BCUT2D eigenvalue weighted by Crippen LogP contribution is 2.02. The zero-order valence-corrected chi connectivity index (χ0v) is 11.9. The number of nitriles is 1. The first-order valence-electron chi connectivity index (χ1n) is 6.82. The van der Waals surface area contributed by atoms with Gasteiger partial charge in [-0.3, -0.25) is 9.59 Å². The van der Waals surface area contributed by atoms with Crippen LogP contribution in [0.15, 0.2) is 54.6 Å². The topological polar surface area (TPSA) is 82.0 Å². The molecule has 0 saturated heterocycles. The van der Waals surface area contributed by atoms with Crippen LogP contribution in [0, 0.1) is 11.3 Å². The zero-order chi connectivity index (χ0) is 15.8. The van der Waals surface area contributed by atoms with Crippen molar-refractivity contribution in [3.63, 3.8) is 0 Å². The van der Waals surface area contributed by atoms with Gasteiger partial charge in [-0.1, -0.05) is 18.2 Å². The third-order valence-electron chi connectivity index (χ3n) is 3.01. The van der Waals surface area contributed by atoms with E-state index in [1.165, 1.54) is 0 Å². The second kappa shape index (κ2) is 7.60. The Hall–Kier alpha value is -3.13. The van der Waals surface area contributed by atoms with E-state index in [4.69, 9.17) is 5.26 Å². The van der Waals surface area contributed by atoms with Crippen molar-refractivity contribution in [1.29, 1.82) is 5.26 Å². The van der Waals surface area contributed by atoms with Gasteiger partial charge in [-0.2, -0.15) is 5.26 Å². The van der Waals surface area contributed by atoms with Crippen LogP contribution < -0.4 is 10.6 Å². The van der Waals surface area contributed by atoms with E-state index in [1.54, 1.807) is 48.5 Å². The number of hydrogen-bond acceptors (Lipinski definition) is 3. The lowest BCUT2D eigenvalue weighted by Gasteiger charge is -2.07. The molecule has 0 aliphatic heterocycles. The Bertz CT molecular complexity index is 688. The Labute approximate surface area is 128 Å². The molecule has 5 heteroatoms. The Morgan fingerprint density at radius 3 is 1.82 bits per heavy atom. The maximum absolute atomic E-state index is 11.9. The molecule has 2 amide bonds. The lowest BCUT2D eigenvalue weighted by Crippen LogP contribution is -2.34. The smallest absolute Gasteiger partial charge is 0.251 e.